The van der Waals surface area contributed by atoms with Gasteiger partial charge in [0.1, 0.15) is 17.1 Å². The van der Waals surface area contributed by atoms with Crippen molar-refractivity contribution in [1.29, 1.82) is 0 Å². The van der Waals surface area contributed by atoms with Crippen molar-refractivity contribution in [3.63, 3.8) is 0 Å². The molecule has 164 valence electrons. The van der Waals surface area contributed by atoms with Crippen molar-refractivity contribution < 1.29 is 32.7 Å². The van der Waals surface area contributed by atoms with Gasteiger partial charge < -0.3 is 10.4 Å². The van der Waals surface area contributed by atoms with E-state index in [9.17, 15) is 22.9 Å². The van der Waals surface area contributed by atoms with Crippen LogP contribution in [0.4, 0.5) is 17.1 Å². The van der Waals surface area contributed by atoms with Crippen LogP contribution in [0.15, 0.2) is 38.1 Å². The second-order valence-corrected chi connectivity index (χ2v) is 8.10. The lowest BCUT2D eigenvalue weighted by atomic mass is 10.1. The minimum absolute atomic E-state index is 0.0317. The van der Waals surface area contributed by atoms with Crippen LogP contribution in [0.2, 0.25) is 0 Å². The van der Waals surface area contributed by atoms with E-state index in [1.807, 2.05) is 0 Å². The molecule has 0 aliphatic heterocycles. The van der Waals surface area contributed by atoms with Gasteiger partial charge in [-0.05, 0) is 37.6 Å². The first-order chi connectivity index (χ1) is 14.1. The van der Waals surface area contributed by atoms with Crippen LogP contribution in [0, 0.1) is 6.92 Å². The molecule has 14 heteroatoms. The lowest BCUT2D eigenvalue weighted by Gasteiger charge is -2.14. The summed E-state index contributed by atoms with van der Waals surface area (Å²) in [4.78, 5) is 12.9. The van der Waals surface area contributed by atoms with Crippen LogP contribution in [0.1, 0.15) is 18.1 Å². The third kappa shape index (κ3) is 5.56. The first-order valence-electron chi connectivity index (χ1n) is 8.41. The highest BCUT2D eigenvalue weighted by atomic mass is 32.2. The van der Waals surface area contributed by atoms with Gasteiger partial charge in [0.15, 0.2) is 0 Å². The summed E-state index contributed by atoms with van der Waals surface area (Å²) in [7, 11) is -2.82. The maximum Gasteiger partial charge on any atom is 0.269 e. The molecule has 0 saturated carbocycles. The molecule has 0 unspecified atom stereocenters. The van der Waals surface area contributed by atoms with Gasteiger partial charge in [-0.15, -0.1) is 14.6 Å². The number of azo groups is 1. The highest BCUT2D eigenvalue weighted by molar-refractivity contribution is 7.94. The van der Waals surface area contributed by atoms with Crippen LogP contribution in [0.25, 0.3) is 0 Å². The molecular formula is C16H20N4O8S2. The summed E-state index contributed by atoms with van der Waals surface area (Å²) in [5.74, 6) is -1.44. The van der Waals surface area contributed by atoms with Crippen molar-refractivity contribution >= 4 is 39.2 Å². The minimum atomic E-state index is -4.50. The Balaban J connectivity index is 2.64. The topological polar surface area (TPSA) is 172 Å². The van der Waals surface area contributed by atoms with E-state index in [0.717, 1.165) is 4.57 Å². The summed E-state index contributed by atoms with van der Waals surface area (Å²) in [5, 5.41) is 33.4. The predicted octanol–water partition coefficient (Wildman–Crippen LogP) is 3.16. The summed E-state index contributed by atoms with van der Waals surface area (Å²) in [6.07, 6.45) is 0. The number of pyridine rings is 1. The van der Waals surface area contributed by atoms with Gasteiger partial charge in [-0.1, -0.05) is 5.04 Å². The molecule has 0 aliphatic carbocycles. The summed E-state index contributed by atoms with van der Waals surface area (Å²) in [6.45, 7) is 2.99. The molecule has 1 heterocycles. The number of anilines is 1. The number of benzene rings is 1. The Morgan fingerprint density at radius 3 is 2.57 bits per heavy atom. The summed E-state index contributed by atoms with van der Waals surface area (Å²) < 4.78 is 37.2. The van der Waals surface area contributed by atoms with Crippen molar-refractivity contribution in [2.45, 2.75) is 31.0 Å². The van der Waals surface area contributed by atoms with Crippen LogP contribution in [-0.4, -0.2) is 34.9 Å². The van der Waals surface area contributed by atoms with Crippen molar-refractivity contribution in [2.24, 2.45) is 10.2 Å². The third-order valence-electron chi connectivity index (χ3n) is 4.08. The van der Waals surface area contributed by atoms with Crippen LogP contribution in [-0.2, 0) is 31.8 Å². The van der Waals surface area contributed by atoms with Gasteiger partial charge in [-0.2, -0.15) is 8.42 Å². The smallest absolute Gasteiger partial charge is 0.269 e. The number of aromatic hydroxyl groups is 1. The SMILES string of the molecule is CCn1c(O)c(N=Nc2cc(NC)ccc2SOOO)c(C)c(CS(=O)(=O)O)c1=O. The van der Waals surface area contributed by atoms with Gasteiger partial charge in [0.2, 0.25) is 5.88 Å². The molecule has 0 spiro atoms. The lowest BCUT2D eigenvalue weighted by molar-refractivity contribution is -0.432. The fraction of sp³-hybridized carbons (Fsp3) is 0.312. The molecule has 0 fully saturated rings. The van der Waals surface area contributed by atoms with Gasteiger partial charge in [0.25, 0.3) is 15.7 Å². The van der Waals surface area contributed by atoms with Gasteiger partial charge >= 0.3 is 0 Å². The molecule has 4 N–H and O–H groups in total. The zero-order chi connectivity index (χ0) is 22.5. The minimum Gasteiger partial charge on any atom is -0.493 e. The molecule has 0 amide bonds. The molecular weight excluding hydrogens is 440 g/mol. The van der Waals surface area contributed by atoms with E-state index in [0.29, 0.717) is 22.6 Å². The Morgan fingerprint density at radius 1 is 1.30 bits per heavy atom. The van der Waals surface area contributed by atoms with E-state index >= 15 is 0 Å². The zero-order valence-electron chi connectivity index (χ0n) is 16.2. The van der Waals surface area contributed by atoms with Gasteiger partial charge in [-0.3, -0.25) is 13.9 Å². The Morgan fingerprint density at radius 2 is 2.00 bits per heavy atom. The maximum atomic E-state index is 12.5. The molecule has 12 nitrogen and oxygen atoms in total. The number of aromatic nitrogens is 1. The molecule has 1 aromatic heterocycles. The normalized spacial score (nSPS) is 11.9. The van der Waals surface area contributed by atoms with E-state index in [4.69, 9.17) is 5.26 Å². The Kier molecular flexibility index (Phi) is 7.94. The van der Waals surface area contributed by atoms with Crippen LogP contribution in [0.3, 0.4) is 0 Å². The summed E-state index contributed by atoms with van der Waals surface area (Å²) in [5.41, 5.74) is -0.150. The standard InChI is InChI=1S/C16H20N4O8S2/c1-4-20-15(21)11(8-30(24,25)26)9(2)14(16(20)22)19-18-12-7-10(17-3)5-6-13(12)29-28-27-23/h5-7,17,22-23H,4,8H2,1-3H3,(H,24,25,26). The van der Waals surface area contributed by atoms with E-state index in [-0.39, 0.29) is 29.0 Å². The van der Waals surface area contributed by atoms with E-state index in [1.54, 1.807) is 32.2 Å². The monoisotopic (exact) mass is 460 g/mol. The fourth-order valence-electron chi connectivity index (χ4n) is 2.60. The molecule has 0 atom stereocenters. The Bertz CT molecular complexity index is 1120. The summed E-state index contributed by atoms with van der Waals surface area (Å²) in [6, 6.07) is 4.90. The van der Waals surface area contributed by atoms with Crippen molar-refractivity contribution in [2.75, 3.05) is 12.4 Å². The largest absolute Gasteiger partial charge is 0.493 e. The lowest BCUT2D eigenvalue weighted by Crippen LogP contribution is -2.26. The second kappa shape index (κ2) is 10.0. The average Bonchev–Trinajstić information content (AvgIpc) is 2.69. The predicted molar refractivity (Wildman–Crippen MR) is 109 cm³/mol. The molecule has 1 aromatic carbocycles. The van der Waals surface area contributed by atoms with E-state index < -0.39 is 27.3 Å². The van der Waals surface area contributed by atoms with Crippen LogP contribution in [0.5, 0.6) is 5.88 Å². The number of nitrogens with one attached hydrogen (secondary N) is 1. The fourth-order valence-corrected chi connectivity index (χ4v) is 3.72. The first kappa shape index (κ1) is 23.8. The Labute approximate surface area is 176 Å². The van der Waals surface area contributed by atoms with E-state index in [1.165, 1.54) is 6.92 Å². The number of hydrogen-bond acceptors (Lipinski definition) is 11. The number of rotatable bonds is 9. The molecule has 0 bridgehead atoms. The van der Waals surface area contributed by atoms with E-state index in [2.05, 4.69) is 24.9 Å². The summed E-state index contributed by atoms with van der Waals surface area (Å²) >= 11 is 0.647. The quantitative estimate of drug-likeness (QED) is 0.143. The number of hydrogen-bond donors (Lipinski definition) is 4. The van der Waals surface area contributed by atoms with Crippen LogP contribution < -0.4 is 10.9 Å². The molecule has 0 aliphatic rings. The highest BCUT2D eigenvalue weighted by Crippen LogP contribution is 2.37. The van der Waals surface area contributed by atoms with Gasteiger partial charge in [0, 0.05) is 24.8 Å². The molecule has 2 rings (SSSR count). The third-order valence-corrected chi connectivity index (χ3v) is 5.39. The zero-order valence-corrected chi connectivity index (χ0v) is 17.8. The Hall–Kier alpha value is -2.49. The van der Waals surface area contributed by atoms with Gasteiger partial charge in [-0.25, -0.2) is 5.26 Å². The number of nitrogens with zero attached hydrogens (tertiary/aromatic N) is 3. The second-order valence-electron chi connectivity index (χ2n) is 5.91. The van der Waals surface area contributed by atoms with Crippen molar-refractivity contribution in [3.8, 4) is 5.88 Å². The van der Waals surface area contributed by atoms with Gasteiger partial charge in [0.05, 0.1) is 16.9 Å². The average molecular weight is 460 g/mol. The molecule has 0 radical (unpaired) electrons. The molecule has 2 aromatic rings. The first-order valence-corrected chi connectivity index (χ1v) is 10.8. The maximum absolute atomic E-state index is 12.5. The molecule has 30 heavy (non-hydrogen) atoms. The van der Waals surface area contributed by atoms with Crippen molar-refractivity contribution in [1.82, 2.24) is 4.57 Å². The van der Waals surface area contributed by atoms with Crippen molar-refractivity contribution in [3.05, 3.63) is 39.7 Å². The highest BCUT2D eigenvalue weighted by Gasteiger charge is 2.22. The molecule has 0 saturated heterocycles. The van der Waals surface area contributed by atoms with Crippen LogP contribution >= 0.6 is 12.0 Å².